The number of rotatable bonds is 1. The van der Waals surface area contributed by atoms with Crippen molar-refractivity contribution in [1.29, 1.82) is 0 Å². The van der Waals surface area contributed by atoms with Crippen molar-refractivity contribution in [3.63, 3.8) is 0 Å². The smallest absolute Gasteiger partial charge is 0.392 e. The molecule has 1 rings (SSSR count). The fourth-order valence-electron chi connectivity index (χ4n) is 1.35. The van der Waals surface area contributed by atoms with Gasteiger partial charge in [0, 0.05) is 5.02 Å². The standard InChI is InChI=1S/C9H5ClF6O/c10-5-1-4(3-17)7(9(14,15)16)6(2-5)8(11,12)13/h1-2,17H,3H2. The number of hydrogen-bond acceptors (Lipinski definition) is 1. The van der Waals surface area contributed by atoms with Gasteiger partial charge in [-0.05, 0) is 17.7 Å². The molecule has 0 bridgehead atoms. The molecule has 1 N–H and O–H groups in total. The van der Waals surface area contributed by atoms with Crippen LogP contribution in [0.3, 0.4) is 0 Å². The molecule has 0 saturated carbocycles. The molecule has 0 amide bonds. The first-order chi connectivity index (χ1) is 7.57. The minimum Gasteiger partial charge on any atom is -0.392 e. The van der Waals surface area contributed by atoms with E-state index in [2.05, 4.69) is 0 Å². The number of alkyl halides is 6. The molecule has 0 unspecified atom stereocenters. The van der Waals surface area contributed by atoms with E-state index in [-0.39, 0.29) is 6.07 Å². The van der Waals surface area contributed by atoms with Crippen LogP contribution in [0, 0.1) is 0 Å². The molecule has 0 aliphatic carbocycles. The highest BCUT2D eigenvalue weighted by Gasteiger charge is 2.44. The fraction of sp³-hybridized carbons (Fsp3) is 0.333. The van der Waals surface area contributed by atoms with E-state index in [1.165, 1.54) is 0 Å². The van der Waals surface area contributed by atoms with Crippen molar-refractivity contribution in [1.82, 2.24) is 0 Å². The van der Waals surface area contributed by atoms with E-state index in [0.717, 1.165) is 0 Å². The second-order valence-corrected chi connectivity index (χ2v) is 3.58. The Bertz CT molecular complexity index is 423. The molecule has 0 saturated heterocycles. The molecular formula is C9H5ClF6O. The summed E-state index contributed by atoms with van der Waals surface area (Å²) in [5, 5.41) is 8.15. The molecule has 0 radical (unpaired) electrons. The predicted octanol–water partition coefficient (Wildman–Crippen LogP) is 3.87. The van der Waals surface area contributed by atoms with Crippen molar-refractivity contribution in [3.8, 4) is 0 Å². The maximum atomic E-state index is 12.5. The van der Waals surface area contributed by atoms with Gasteiger partial charge < -0.3 is 5.11 Å². The molecule has 1 aromatic carbocycles. The summed E-state index contributed by atoms with van der Waals surface area (Å²) < 4.78 is 74.8. The largest absolute Gasteiger partial charge is 0.417 e. The molecule has 0 aliphatic heterocycles. The zero-order valence-corrected chi connectivity index (χ0v) is 8.71. The zero-order valence-electron chi connectivity index (χ0n) is 7.95. The van der Waals surface area contributed by atoms with Gasteiger partial charge in [0.15, 0.2) is 0 Å². The minimum atomic E-state index is -5.21. The SMILES string of the molecule is OCc1cc(Cl)cc(C(F)(F)F)c1C(F)(F)F. The molecule has 0 atom stereocenters. The summed E-state index contributed by atoms with van der Waals surface area (Å²) in [5.74, 6) is 0. The molecule has 0 aromatic heterocycles. The Balaban J connectivity index is 3.63. The molecule has 1 nitrogen and oxygen atoms in total. The highest BCUT2D eigenvalue weighted by molar-refractivity contribution is 6.30. The van der Waals surface area contributed by atoms with Crippen molar-refractivity contribution in [3.05, 3.63) is 33.8 Å². The van der Waals surface area contributed by atoms with E-state index < -0.39 is 40.7 Å². The summed E-state index contributed by atoms with van der Waals surface area (Å²) in [6.45, 7) is -1.18. The highest BCUT2D eigenvalue weighted by atomic mass is 35.5. The fourth-order valence-corrected chi connectivity index (χ4v) is 1.59. The third-order valence-corrected chi connectivity index (χ3v) is 2.16. The van der Waals surface area contributed by atoms with Gasteiger partial charge in [-0.1, -0.05) is 11.6 Å². The summed E-state index contributed by atoms with van der Waals surface area (Å²) in [6.07, 6.45) is -10.4. The number of hydrogen-bond donors (Lipinski definition) is 1. The Morgan fingerprint density at radius 1 is 1.00 bits per heavy atom. The van der Waals surface area contributed by atoms with Crippen LogP contribution >= 0.6 is 11.6 Å². The van der Waals surface area contributed by atoms with Crippen LogP contribution in [0.1, 0.15) is 16.7 Å². The van der Waals surface area contributed by atoms with Crippen LogP contribution in [-0.2, 0) is 19.0 Å². The van der Waals surface area contributed by atoms with Gasteiger partial charge in [-0.2, -0.15) is 26.3 Å². The van der Waals surface area contributed by atoms with Gasteiger partial charge in [-0.25, -0.2) is 0 Å². The van der Waals surface area contributed by atoms with E-state index in [9.17, 15) is 26.3 Å². The lowest BCUT2D eigenvalue weighted by molar-refractivity contribution is -0.162. The Kier molecular flexibility index (Phi) is 3.63. The maximum absolute atomic E-state index is 12.5. The van der Waals surface area contributed by atoms with Gasteiger partial charge in [0.2, 0.25) is 0 Å². The average Bonchev–Trinajstić information content (AvgIpc) is 2.12. The average molecular weight is 279 g/mol. The third kappa shape index (κ3) is 3.04. The Morgan fingerprint density at radius 3 is 1.88 bits per heavy atom. The lowest BCUT2D eigenvalue weighted by Gasteiger charge is -2.18. The zero-order chi connectivity index (χ0) is 13.4. The lowest BCUT2D eigenvalue weighted by Crippen LogP contribution is -2.19. The molecule has 17 heavy (non-hydrogen) atoms. The number of halogens is 7. The van der Waals surface area contributed by atoms with Crippen molar-refractivity contribution < 1.29 is 31.4 Å². The van der Waals surface area contributed by atoms with E-state index in [1.54, 1.807) is 0 Å². The Hall–Kier alpha value is -0.950. The second-order valence-electron chi connectivity index (χ2n) is 3.14. The molecule has 1 aromatic rings. The van der Waals surface area contributed by atoms with Gasteiger partial charge in [0.1, 0.15) is 0 Å². The minimum absolute atomic E-state index is 0.184. The van der Waals surface area contributed by atoms with Gasteiger partial charge in [-0.3, -0.25) is 0 Å². The van der Waals surface area contributed by atoms with E-state index in [1.807, 2.05) is 0 Å². The van der Waals surface area contributed by atoms with Gasteiger partial charge in [-0.15, -0.1) is 0 Å². The van der Waals surface area contributed by atoms with Gasteiger partial charge >= 0.3 is 12.4 Å². The molecule has 0 aliphatic rings. The second kappa shape index (κ2) is 4.38. The van der Waals surface area contributed by atoms with Crippen LogP contribution < -0.4 is 0 Å². The summed E-state index contributed by atoms with van der Waals surface area (Å²) in [6, 6.07) is 0.836. The number of aliphatic hydroxyl groups is 1. The summed E-state index contributed by atoms with van der Waals surface area (Å²) in [7, 11) is 0. The Labute approximate surface area is 96.6 Å². The first kappa shape index (κ1) is 14.1. The van der Waals surface area contributed by atoms with Crippen LogP contribution in [0.25, 0.3) is 0 Å². The molecular weight excluding hydrogens is 274 g/mol. The topological polar surface area (TPSA) is 20.2 Å². The van der Waals surface area contributed by atoms with E-state index in [4.69, 9.17) is 16.7 Å². The van der Waals surface area contributed by atoms with E-state index in [0.29, 0.717) is 6.07 Å². The molecule has 0 heterocycles. The molecule has 8 heteroatoms. The first-order valence-electron chi connectivity index (χ1n) is 4.15. The highest BCUT2D eigenvalue weighted by Crippen LogP contribution is 2.43. The summed E-state index contributed by atoms with van der Waals surface area (Å²) in [5.41, 5.74) is -4.71. The normalized spacial score (nSPS) is 12.9. The summed E-state index contributed by atoms with van der Waals surface area (Å²) >= 11 is 5.28. The third-order valence-electron chi connectivity index (χ3n) is 1.94. The summed E-state index contributed by atoms with van der Waals surface area (Å²) in [4.78, 5) is 0. The van der Waals surface area contributed by atoms with Crippen LogP contribution in [0.4, 0.5) is 26.3 Å². The number of aliphatic hydroxyl groups excluding tert-OH is 1. The predicted molar refractivity (Wildman–Crippen MR) is 47.4 cm³/mol. The van der Waals surface area contributed by atoms with Crippen LogP contribution in [0.15, 0.2) is 12.1 Å². The number of benzene rings is 1. The van der Waals surface area contributed by atoms with Gasteiger partial charge in [0.25, 0.3) is 0 Å². The molecule has 0 spiro atoms. The van der Waals surface area contributed by atoms with Crippen molar-refractivity contribution in [2.45, 2.75) is 19.0 Å². The maximum Gasteiger partial charge on any atom is 0.417 e. The quantitative estimate of drug-likeness (QED) is 0.773. The molecule has 0 fully saturated rings. The van der Waals surface area contributed by atoms with E-state index >= 15 is 0 Å². The monoisotopic (exact) mass is 278 g/mol. The lowest BCUT2D eigenvalue weighted by atomic mass is 10.0. The van der Waals surface area contributed by atoms with Crippen molar-refractivity contribution in [2.75, 3.05) is 0 Å². The first-order valence-corrected chi connectivity index (χ1v) is 4.53. The van der Waals surface area contributed by atoms with Crippen molar-refractivity contribution in [2.24, 2.45) is 0 Å². The van der Waals surface area contributed by atoms with Crippen LogP contribution in [0.2, 0.25) is 5.02 Å². The van der Waals surface area contributed by atoms with Crippen molar-refractivity contribution >= 4 is 11.6 Å². The van der Waals surface area contributed by atoms with Crippen LogP contribution in [0.5, 0.6) is 0 Å². The Morgan fingerprint density at radius 2 is 1.53 bits per heavy atom. The molecule has 96 valence electrons. The van der Waals surface area contributed by atoms with Crippen LogP contribution in [-0.4, -0.2) is 5.11 Å². The van der Waals surface area contributed by atoms with Gasteiger partial charge in [0.05, 0.1) is 17.7 Å².